The van der Waals surface area contributed by atoms with Crippen LogP contribution < -0.4 is 0 Å². The second-order valence-electron chi connectivity index (χ2n) is 2.68. The molecule has 0 spiro atoms. The van der Waals surface area contributed by atoms with E-state index in [1.807, 2.05) is 0 Å². The zero-order valence-corrected chi connectivity index (χ0v) is 8.45. The summed E-state index contributed by atoms with van der Waals surface area (Å²) in [6, 6.07) is 8.45. The third kappa shape index (κ3) is 2.35. The van der Waals surface area contributed by atoms with Crippen LogP contribution in [-0.4, -0.2) is 28.4 Å². The zero-order chi connectivity index (χ0) is 10.6. The summed E-state index contributed by atoms with van der Waals surface area (Å²) in [4.78, 5) is 22.3. The number of Topliss-reactive ketones (excluding diaryl/α,β-unsaturated/α-hetero) is 1. The van der Waals surface area contributed by atoms with Crippen LogP contribution in [0.25, 0.3) is 0 Å². The Labute approximate surface area is 86.1 Å². The molecule has 0 bridgehead atoms. The molecule has 0 amide bonds. The van der Waals surface area contributed by atoms with Crippen LogP contribution in [-0.2, 0) is 4.79 Å². The summed E-state index contributed by atoms with van der Waals surface area (Å²) < 4.78 is 0. The molecule has 3 nitrogen and oxygen atoms in total. The van der Waals surface area contributed by atoms with Gasteiger partial charge in [0, 0.05) is 5.56 Å². The lowest BCUT2D eigenvalue weighted by Gasteiger charge is -2.07. The van der Waals surface area contributed by atoms with E-state index in [0.717, 1.165) is 11.8 Å². The predicted molar refractivity (Wildman–Crippen MR) is 55.7 cm³/mol. The van der Waals surface area contributed by atoms with Crippen molar-refractivity contribution in [1.29, 1.82) is 0 Å². The Balaban J connectivity index is 2.89. The van der Waals surface area contributed by atoms with E-state index in [4.69, 9.17) is 5.11 Å². The molecule has 4 heteroatoms. The van der Waals surface area contributed by atoms with Gasteiger partial charge in [-0.05, 0) is 6.26 Å². The lowest BCUT2D eigenvalue weighted by molar-refractivity contribution is -0.135. The van der Waals surface area contributed by atoms with E-state index in [-0.39, 0.29) is 5.78 Å². The summed E-state index contributed by atoms with van der Waals surface area (Å²) in [5.41, 5.74) is 0.439. The first-order valence-corrected chi connectivity index (χ1v) is 5.30. The number of rotatable bonds is 4. The second kappa shape index (κ2) is 4.81. The molecule has 74 valence electrons. The molecule has 1 aromatic rings. The lowest BCUT2D eigenvalue weighted by Crippen LogP contribution is -2.26. The highest BCUT2D eigenvalue weighted by Gasteiger charge is 2.25. The molecule has 1 unspecified atom stereocenters. The van der Waals surface area contributed by atoms with Gasteiger partial charge in [0.25, 0.3) is 0 Å². The molecule has 0 aliphatic heterocycles. The van der Waals surface area contributed by atoms with Crippen molar-refractivity contribution in [2.45, 2.75) is 5.25 Å². The van der Waals surface area contributed by atoms with Crippen LogP contribution in [0.5, 0.6) is 0 Å². The minimum absolute atomic E-state index is 0.356. The number of carbonyl (C=O) groups is 2. The Morgan fingerprint density at radius 3 is 2.29 bits per heavy atom. The minimum atomic E-state index is -1.09. The fourth-order valence-electron chi connectivity index (χ4n) is 1.07. The molecule has 0 heterocycles. The third-order valence-corrected chi connectivity index (χ3v) is 2.64. The fraction of sp³-hybridized carbons (Fsp3) is 0.200. The zero-order valence-electron chi connectivity index (χ0n) is 7.64. The molecule has 0 aliphatic rings. The Morgan fingerprint density at radius 1 is 1.29 bits per heavy atom. The quantitative estimate of drug-likeness (QED) is 0.607. The van der Waals surface area contributed by atoms with Crippen molar-refractivity contribution in [3.8, 4) is 0 Å². The number of carbonyl (C=O) groups excluding carboxylic acids is 1. The maximum absolute atomic E-state index is 11.6. The van der Waals surface area contributed by atoms with Crippen molar-refractivity contribution in [2.24, 2.45) is 0 Å². The van der Waals surface area contributed by atoms with Crippen molar-refractivity contribution in [2.75, 3.05) is 6.26 Å². The van der Waals surface area contributed by atoms with Crippen LogP contribution in [0.3, 0.4) is 0 Å². The van der Waals surface area contributed by atoms with Gasteiger partial charge in [0.2, 0.25) is 0 Å². The van der Waals surface area contributed by atoms with Gasteiger partial charge in [-0.2, -0.15) is 0 Å². The van der Waals surface area contributed by atoms with E-state index in [2.05, 4.69) is 0 Å². The Kier molecular flexibility index (Phi) is 3.71. The molecule has 0 saturated heterocycles. The van der Waals surface area contributed by atoms with Gasteiger partial charge in [-0.15, -0.1) is 11.8 Å². The van der Waals surface area contributed by atoms with Crippen LogP contribution in [0.4, 0.5) is 0 Å². The Bertz CT molecular complexity index is 334. The highest BCUT2D eigenvalue weighted by molar-refractivity contribution is 8.00. The van der Waals surface area contributed by atoms with Gasteiger partial charge >= 0.3 is 5.97 Å². The number of thioether (sulfide) groups is 1. The summed E-state index contributed by atoms with van der Waals surface area (Å²) >= 11 is 1.03. The standard InChI is InChI=1S/C10H10O3S/c1-14-9(10(12)13)8(11)7-5-3-2-4-6-7/h2-6,9H,1H3,(H,12,13). The molecular formula is C10H10O3S. The average molecular weight is 210 g/mol. The number of hydrogen-bond acceptors (Lipinski definition) is 3. The van der Waals surface area contributed by atoms with Crippen molar-refractivity contribution in [1.82, 2.24) is 0 Å². The molecule has 0 aromatic heterocycles. The van der Waals surface area contributed by atoms with Crippen LogP contribution in [0.2, 0.25) is 0 Å². The molecular weight excluding hydrogens is 200 g/mol. The van der Waals surface area contributed by atoms with Crippen molar-refractivity contribution in [3.05, 3.63) is 35.9 Å². The maximum atomic E-state index is 11.6. The fourth-order valence-corrected chi connectivity index (χ4v) is 1.63. The first-order valence-electron chi connectivity index (χ1n) is 4.01. The smallest absolute Gasteiger partial charge is 0.324 e. The first kappa shape index (κ1) is 10.8. The molecule has 0 saturated carbocycles. The molecule has 1 rings (SSSR count). The Morgan fingerprint density at radius 2 is 1.86 bits per heavy atom. The van der Waals surface area contributed by atoms with E-state index in [1.54, 1.807) is 36.6 Å². The van der Waals surface area contributed by atoms with Crippen molar-refractivity contribution >= 4 is 23.5 Å². The van der Waals surface area contributed by atoms with Crippen LogP contribution >= 0.6 is 11.8 Å². The monoisotopic (exact) mass is 210 g/mol. The summed E-state index contributed by atoms with van der Waals surface area (Å²) in [6.45, 7) is 0. The number of ketones is 1. The topological polar surface area (TPSA) is 54.4 Å². The third-order valence-electron chi connectivity index (χ3n) is 1.76. The van der Waals surface area contributed by atoms with Gasteiger partial charge in [-0.1, -0.05) is 30.3 Å². The SMILES string of the molecule is CSC(C(=O)O)C(=O)c1ccccc1. The Hall–Kier alpha value is -1.29. The maximum Gasteiger partial charge on any atom is 0.324 e. The van der Waals surface area contributed by atoms with E-state index in [0.29, 0.717) is 5.56 Å². The van der Waals surface area contributed by atoms with Crippen LogP contribution in [0.1, 0.15) is 10.4 Å². The van der Waals surface area contributed by atoms with Crippen LogP contribution in [0, 0.1) is 0 Å². The average Bonchev–Trinajstić information content (AvgIpc) is 2.19. The van der Waals surface area contributed by atoms with Gasteiger partial charge in [0.1, 0.15) is 0 Å². The first-order chi connectivity index (χ1) is 6.66. The minimum Gasteiger partial charge on any atom is -0.480 e. The second-order valence-corrected chi connectivity index (χ2v) is 3.63. The highest BCUT2D eigenvalue weighted by atomic mass is 32.2. The van der Waals surface area contributed by atoms with Crippen LogP contribution in [0.15, 0.2) is 30.3 Å². The molecule has 1 aromatic carbocycles. The lowest BCUT2D eigenvalue weighted by atomic mass is 10.1. The van der Waals surface area contributed by atoms with E-state index >= 15 is 0 Å². The molecule has 0 fully saturated rings. The van der Waals surface area contributed by atoms with Gasteiger partial charge in [0.05, 0.1) is 0 Å². The van der Waals surface area contributed by atoms with E-state index in [9.17, 15) is 9.59 Å². The van der Waals surface area contributed by atoms with E-state index in [1.165, 1.54) is 0 Å². The highest BCUT2D eigenvalue weighted by Crippen LogP contribution is 2.13. The number of carboxylic acids is 1. The number of carboxylic acid groups (broad SMARTS) is 1. The summed E-state index contributed by atoms with van der Waals surface area (Å²) in [7, 11) is 0. The van der Waals surface area contributed by atoms with Gasteiger partial charge < -0.3 is 5.11 Å². The number of hydrogen-bond donors (Lipinski definition) is 1. The summed E-state index contributed by atoms with van der Waals surface area (Å²) in [5.74, 6) is -1.45. The molecule has 1 N–H and O–H groups in total. The summed E-state index contributed by atoms with van der Waals surface area (Å²) in [6.07, 6.45) is 1.61. The van der Waals surface area contributed by atoms with Gasteiger partial charge in [-0.25, -0.2) is 0 Å². The van der Waals surface area contributed by atoms with Crippen molar-refractivity contribution in [3.63, 3.8) is 0 Å². The molecule has 14 heavy (non-hydrogen) atoms. The molecule has 0 aliphatic carbocycles. The van der Waals surface area contributed by atoms with Crippen molar-refractivity contribution < 1.29 is 14.7 Å². The largest absolute Gasteiger partial charge is 0.480 e. The molecule has 0 radical (unpaired) electrons. The van der Waals surface area contributed by atoms with E-state index < -0.39 is 11.2 Å². The number of aliphatic carboxylic acids is 1. The van der Waals surface area contributed by atoms with Gasteiger partial charge in [0.15, 0.2) is 11.0 Å². The predicted octanol–water partition coefficient (Wildman–Crippen LogP) is 1.69. The number of benzene rings is 1. The normalized spacial score (nSPS) is 12.1. The molecule has 1 atom stereocenters. The summed E-state index contributed by atoms with van der Waals surface area (Å²) in [5, 5.41) is 7.76. The van der Waals surface area contributed by atoms with Gasteiger partial charge in [-0.3, -0.25) is 9.59 Å².